The van der Waals surface area contributed by atoms with Crippen LogP contribution in [0.5, 0.6) is 0 Å². The molecule has 0 fully saturated rings. The summed E-state index contributed by atoms with van der Waals surface area (Å²) in [5.41, 5.74) is 1.39. The van der Waals surface area contributed by atoms with Gasteiger partial charge in [-0.1, -0.05) is 12.1 Å². The molecule has 0 aliphatic carbocycles. The molecule has 0 aliphatic rings. The molecule has 0 spiro atoms. The molecule has 24 heavy (non-hydrogen) atoms. The fourth-order valence-electron chi connectivity index (χ4n) is 2.20. The topological polar surface area (TPSA) is 89.8 Å². The number of aromatic nitrogens is 4. The van der Waals surface area contributed by atoms with E-state index in [2.05, 4.69) is 20.8 Å². The van der Waals surface area contributed by atoms with Crippen molar-refractivity contribution in [1.29, 1.82) is 0 Å². The van der Waals surface area contributed by atoms with Crippen LogP contribution in [0.4, 0.5) is 5.69 Å². The van der Waals surface area contributed by atoms with E-state index >= 15 is 0 Å². The Kier molecular flexibility index (Phi) is 4.76. The standard InChI is InChI=1S/C16H15N5O2S/c1-11-18-19-20-21(11)13-5-2-4-12(10-13)17-16(23)8-7-14(22)15-6-3-9-24-15/h2-6,9-10H,7-8H2,1H3,(H,17,23). The third kappa shape index (κ3) is 3.72. The molecule has 0 saturated heterocycles. The van der Waals surface area contributed by atoms with Crippen LogP contribution in [-0.4, -0.2) is 31.9 Å². The first-order valence-corrected chi connectivity index (χ1v) is 8.23. The second-order valence-electron chi connectivity index (χ2n) is 5.14. The van der Waals surface area contributed by atoms with E-state index in [0.29, 0.717) is 16.4 Å². The minimum Gasteiger partial charge on any atom is -0.326 e. The maximum absolute atomic E-state index is 12.0. The van der Waals surface area contributed by atoms with Crippen LogP contribution in [0.1, 0.15) is 28.3 Å². The summed E-state index contributed by atoms with van der Waals surface area (Å²) in [7, 11) is 0. The van der Waals surface area contributed by atoms with Gasteiger partial charge in [0.25, 0.3) is 0 Å². The van der Waals surface area contributed by atoms with Crippen molar-refractivity contribution in [3.8, 4) is 5.69 Å². The second kappa shape index (κ2) is 7.14. The number of nitrogens with one attached hydrogen (secondary N) is 1. The monoisotopic (exact) mass is 341 g/mol. The van der Waals surface area contributed by atoms with Gasteiger partial charge in [-0.3, -0.25) is 9.59 Å². The van der Waals surface area contributed by atoms with E-state index in [0.717, 1.165) is 5.69 Å². The highest BCUT2D eigenvalue weighted by molar-refractivity contribution is 7.12. The number of amides is 1. The first-order chi connectivity index (χ1) is 11.6. The molecule has 7 nitrogen and oxygen atoms in total. The zero-order chi connectivity index (χ0) is 16.9. The lowest BCUT2D eigenvalue weighted by atomic mass is 10.2. The van der Waals surface area contributed by atoms with E-state index in [1.807, 2.05) is 23.6 Å². The number of carbonyl (C=O) groups is 2. The molecule has 2 aromatic heterocycles. The Morgan fingerprint density at radius 2 is 2.08 bits per heavy atom. The van der Waals surface area contributed by atoms with Crippen LogP contribution in [0, 0.1) is 6.92 Å². The van der Waals surface area contributed by atoms with Gasteiger partial charge in [0.15, 0.2) is 11.6 Å². The van der Waals surface area contributed by atoms with Crippen LogP contribution >= 0.6 is 11.3 Å². The molecule has 122 valence electrons. The van der Waals surface area contributed by atoms with Gasteiger partial charge in [-0.05, 0) is 47.0 Å². The van der Waals surface area contributed by atoms with Crippen molar-refractivity contribution in [2.45, 2.75) is 19.8 Å². The Bertz CT molecular complexity index is 857. The Balaban J connectivity index is 1.61. The number of anilines is 1. The Hall–Kier alpha value is -2.87. The summed E-state index contributed by atoms with van der Waals surface area (Å²) in [4.78, 5) is 24.6. The molecule has 8 heteroatoms. The number of Topliss-reactive ketones (excluding diaryl/α,β-unsaturated/α-hetero) is 1. The lowest BCUT2D eigenvalue weighted by molar-refractivity contribution is -0.116. The molecule has 0 radical (unpaired) electrons. The quantitative estimate of drug-likeness (QED) is 0.696. The van der Waals surface area contributed by atoms with Gasteiger partial charge >= 0.3 is 0 Å². The van der Waals surface area contributed by atoms with Crippen molar-refractivity contribution in [1.82, 2.24) is 20.2 Å². The third-order valence-electron chi connectivity index (χ3n) is 3.38. The lowest BCUT2D eigenvalue weighted by Gasteiger charge is -2.07. The first-order valence-electron chi connectivity index (χ1n) is 7.35. The van der Waals surface area contributed by atoms with E-state index in [1.54, 1.807) is 29.8 Å². The van der Waals surface area contributed by atoms with Crippen molar-refractivity contribution in [2.75, 3.05) is 5.32 Å². The number of tetrazole rings is 1. The Morgan fingerprint density at radius 3 is 2.79 bits per heavy atom. The molecule has 2 heterocycles. The van der Waals surface area contributed by atoms with E-state index < -0.39 is 0 Å². The molecular weight excluding hydrogens is 326 g/mol. The summed E-state index contributed by atoms with van der Waals surface area (Å²) in [6.45, 7) is 1.79. The lowest BCUT2D eigenvalue weighted by Crippen LogP contribution is -2.13. The number of ketones is 1. The number of aryl methyl sites for hydroxylation is 1. The van der Waals surface area contributed by atoms with Crippen LogP contribution < -0.4 is 5.32 Å². The summed E-state index contributed by atoms with van der Waals surface area (Å²) < 4.78 is 1.58. The van der Waals surface area contributed by atoms with Crippen LogP contribution in [0.15, 0.2) is 41.8 Å². The average Bonchev–Trinajstić information content (AvgIpc) is 3.24. The minimum absolute atomic E-state index is 0.0155. The van der Waals surface area contributed by atoms with Gasteiger partial charge in [-0.2, -0.15) is 4.68 Å². The van der Waals surface area contributed by atoms with Crippen LogP contribution in [-0.2, 0) is 4.79 Å². The Morgan fingerprint density at radius 1 is 1.21 bits per heavy atom. The van der Waals surface area contributed by atoms with E-state index in [-0.39, 0.29) is 24.5 Å². The number of hydrogen-bond acceptors (Lipinski definition) is 6. The molecule has 0 bridgehead atoms. The van der Waals surface area contributed by atoms with Gasteiger partial charge < -0.3 is 5.32 Å². The van der Waals surface area contributed by atoms with Crippen LogP contribution in [0.25, 0.3) is 5.69 Å². The van der Waals surface area contributed by atoms with E-state index in [9.17, 15) is 9.59 Å². The maximum Gasteiger partial charge on any atom is 0.224 e. The van der Waals surface area contributed by atoms with Crippen LogP contribution in [0.2, 0.25) is 0 Å². The van der Waals surface area contributed by atoms with Crippen LogP contribution in [0.3, 0.4) is 0 Å². The molecule has 1 amide bonds. The zero-order valence-corrected chi connectivity index (χ0v) is 13.8. The van der Waals surface area contributed by atoms with Gasteiger partial charge in [0, 0.05) is 18.5 Å². The summed E-state index contributed by atoms with van der Waals surface area (Å²) >= 11 is 1.39. The summed E-state index contributed by atoms with van der Waals surface area (Å²) in [6, 6.07) is 10.8. The third-order valence-corrected chi connectivity index (χ3v) is 4.29. The molecule has 0 atom stereocenters. The Labute approximate surface area is 142 Å². The second-order valence-corrected chi connectivity index (χ2v) is 6.08. The first kappa shape index (κ1) is 16.0. The zero-order valence-electron chi connectivity index (χ0n) is 13.0. The van der Waals surface area contributed by atoms with Crippen molar-refractivity contribution in [3.63, 3.8) is 0 Å². The summed E-state index contributed by atoms with van der Waals surface area (Å²) in [5, 5.41) is 16.0. The predicted octanol–water partition coefficient (Wildman–Crippen LogP) is 2.63. The number of hydrogen-bond donors (Lipinski definition) is 1. The molecule has 3 rings (SSSR count). The van der Waals surface area contributed by atoms with Gasteiger partial charge in [0.2, 0.25) is 5.91 Å². The highest BCUT2D eigenvalue weighted by Crippen LogP contribution is 2.16. The highest BCUT2D eigenvalue weighted by atomic mass is 32.1. The number of nitrogens with zero attached hydrogens (tertiary/aromatic N) is 4. The SMILES string of the molecule is Cc1nnnn1-c1cccc(NC(=O)CCC(=O)c2cccs2)c1. The molecule has 0 unspecified atom stereocenters. The summed E-state index contributed by atoms with van der Waals surface area (Å²) in [5.74, 6) is 0.434. The molecule has 3 aromatic rings. The molecule has 1 N–H and O–H groups in total. The van der Waals surface area contributed by atoms with Gasteiger partial charge in [-0.15, -0.1) is 16.4 Å². The average molecular weight is 341 g/mol. The number of rotatable bonds is 6. The van der Waals surface area contributed by atoms with Crippen molar-refractivity contribution < 1.29 is 9.59 Å². The van der Waals surface area contributed by atoms with Gasteiger partial charge in [0.1, 0.15) is 0 Å². The molecule has 0 aliphatic heterocycles. The predicted molar refractivity (Wildman–Crippen MR) is 90.4 cm³/mol. The van der Waals surface area contributed by atoms with E-state index in [4.69, 9.17) is 0 Å². The molecular formula is C16H15N5O2S. The number of benzene rings is 1. The number of carbonyl (C=O) groups excluding carboxylic acids is 2. The highest BCUT2D eigenvalue weighted by Gasteiger charge is 2.11. The van der Waals surface area contributed by atoms with Crippen molar-refractivity contribution in [3.05, 3.63) is 52.5 Å². The number of thiophene rings is 1. The fourth-order valence-corrected chi connectivity index (χ4v) is 2.89. The van der Waals surface area contributed by atoms with Gasteiger partial charge in [0.05, 0.1) is 10.6 Å². The maximum atomic E-state index is 12.0. The van der Waals surface area contributed by atoms with Crippen molar-refractivity contribution in [2.24, 2.45) is 0 Å². The minimum atomic E-state index is -0.203. The largest absolute Gasteiger partial charge is 0.326 e. The normalized spacial score (nSPS) is 10.5. The summed E-state index contributed by atoms with van der Waals surface area (Å²) in [6.07, 6.45) is 0.336. The van der Waals surface area contributed by atoms with Crippen molar-refractivity contribution >= 4 is 28.7 Å². The smallest absolute Gasteiger partial charge is 0.224 e. The van der Waals surface area contributed by atoms with E-state index in [1.165, 1.54) is 11.3 Å². The fraction of sp³-hybridized carbons (Fsp3) is 0.188. The molecule has 0 saturated carbocycles. The van der Waals surface area contributed by atoms with Gasteiger partial charge in [-0.25, -0.2) is 0 Å². The molecule has 1 aromatic carbocycles.